The molecule has 2 aromatic carbocycles. The number of carbonyl (C=O) groups is 2. The molecule has 0 aromatic heterocycles. The number of rotatable bonds is 8. The topological polar surface area (TPSA) is 83.1 Å². The highest BCUT2D eigenvalue weighted by molar-refractivity contribution is 5.92. The lowest BCUT2D eigenvalue weighted by Gasteiger charge is -2.38. The molecule has 2 aliphatic heterocycles. The predicted molar refractivity (Wildman–Crippen MR) is 142 cm³/mol. The van der Waals surface area contributed by atoms with Crippen LogP contribution in [0.25, 0.3) is 0 Å². The van der Waals surface area contributed by atoms with Crippen molar-refractivity contribution >= 4 is 23.4 Å². The summed E-state index contributed by atoms with van der Waals surface area (Å²) in [5.41, 5.74) is 2.94. The fourth-order valence-corrected chi connectivity index (χ4v) is 4.97. The van der Waals surface area contributed by atoms with Crippen LogP contribution in [0, 0.1) is 0 Å². The van der Waals surface area contributed by atoms with Gasteiger partial charge in [0.05, 0.1) is 20.1 Å². The average Bonchev–Trinajstić information content (AvgIpc) is 2.90. The normalized spacial score (nSPS) is 17.1. The monoisotopic (exact) mass is 494 g/mol. The highest BCUT2D eigenvalue weighted by atomic mass is 16.6. The SMILES string of the molecule is CCOC(=O)N1CCC(NC2CCN(c3ccc(NC(=O)Cc4ccc(OC)cc4)cc3)CC2)CC1. The van der Waals surface area contributed by atoms with E-state index in [0.29, 0.717) is 25.1 Å². The summed E-state index contributed by atoms with van der Waals surface area (Å²) in [5, 5.41) is 6.81. The van der Waals surface area contributed by atoms with Crippen molar-refractivity contribution < 1.29 is 19.1 Å². The third-order valence-electron chi connectivity index (χ3n) is 7.03. The zero-order valence-corrected chi connectivity index (χ0v) is 21.4. The summed E-state index contributed by atoms with van der Waals surface area (Å²) >= 11 is 0. The van der Waals surface area contributed by atoms with Crippen molar-refractivity contribution in [3.05, 3.63) is 54.1 Å². The largest absolute Gasteiger partial charge is 0.497 e. The highest BCUT2D eigenvalue weighted by Crippen LogP contribution is 2.23. The molecule has 2 amide bonds. The van der Waals surface area contributed by atoms with Crippen LogP contribution in [0.15, 0.2) is 48.5 Å². The van der Waals surface area contributed by atoms with Gasteiger partial charge in [-0.25, -0.2) is 4.79 Å². The number of methoxy groups -OCH3 is 1. The molecule has 0 spiro atoms. The zero-order valence-electron chi connectivity index (χ0n) is 21.4. The van der Waals surface area contributed by atoms with Crippen molar-refractivity contribution in [3.8, 4) is 5.75 Å². The van der Waals surface area contributed by atoms with Gasteiger partial charge in [-0.2, -0.15) is 0 Å². The van der Waals surface area contributed by atoms with Crippen LogP contribution in [0.2, 0.25) is 0 Å². The van der Waals surface area contributed by atoms with Crippen molar-refractivity contribution in [2.75, 3.05) is 50.1 Å². The average molecular weight is 495 g/mol. The molecule has 2 aliphatic rings. The Morgan fingerprint density at radius 2 is 1.50 bits per heavy atom. The number of piperidine rings is 2. The number of nitrogens with one attached hydrogen (secondary N) is 2. The molecule has 0 unspecified atom stereocenters. The van der Waals surface area contributed by atoms with Gasteiger partial charge in [-0.1, -0.05) is 12.1 Å². The second kappa shape index (κ2) is 12.6. The second-order valence-electron chi connectivity index (χ2n) is 9.51. The minimum Gasteiger partial charge on any atom is -0.497 e. The summed E-state index contributed by atoms with van der Waals surface area (Å²) < 4.78 is 10.3. The first-order valence-corrected chi connectivity index (χ1v) is 13.0. The second-order valence-corrected chi connectivity index (χ2v) is 9.51. The molecular weight excluding hydrogens is 456 g/mol. The van der Waals surface area contributed by atoms with Crippen molar-refractivity contribution in [3.63, 3.8) is 0 Å². The Labute approximate surface area is 213 Å². The minimum absolute atomic E-state index is 0.0344. The summed E-state index contributed by atoms with van der Waals surface area (Å²) in [7, 11) is 1.63. The van der Waals surface area contributed by atoms with Gasteiger partial charge in [-0.3, -0.25) is 4.79 Å². The van der Waals surface area contributed by atoms with Crippen LogP contribution in [0.1, 0.15) is 38.2 Å². The van der Waals surface area contributed by atoms with E-state index in [1.807, 2.05) is 48.2 Å². The number of hydrogen-bond acceptors (Lipinski definition) is 6. The first-order chi connectivity index (χ1) is 17.5. The van der Waals surface area contributed by atoms with E-state index in [0.717, 1.165) is 68.9 Å². The molecular formula is C28H38N4O4. The molecule has 0 aliphatic carbocycles. The van der Waals surface area contributed by atoms with E-state index in [9.17, 15) is 9.59 Å². The quantitative estimate of drug-likeness (QED) is 0.576. The number of carbonyl (C=O) groups excluding carboxylic acids is 2. The number of nitrogens with zero attached hydrogens (tertiary/aromatic N) is 2. The lowest BCUT2D eigenvalue weighted by atomic mass is 9.99. The number of hydrogen-bond donors (Lipinski definition) is 2. The smallest absolute Gasteiger partial charge is 0.409 e. The Morgan fingerprint density at radius 1 is 0.889 bits per heavy atom. The Hall–Kier alpha value is -3.26. The van der Waals surface area contributed by atoms with E-state index in [-0.39, 0.29) is 12.0 Å². The van der Waals surface area contributed by atoms with Gasteiger partial charge in [-0.05, 0) is 74.6 Å². The summed E-state index contributed by atoms with van der Waals surface area (Å²) in [6, 6.07) is 16.6. The lowest BCUT2D eigenvalue weighted by Crippen LogP contribution is -2.50. The molecule has 8 heteroatoms. The van der Waals surface area contributed by atoms with Crippen molar-refractivity contribution in [2.24, 2.45) is 0 Å². The zero-order chi connectivity index (χ0) is 25.3. The van der Waals surface area contributed by atoms with E-state index >= 15 is 0 Å². The van der Waals surface area contributed by atoms with Gasteiger partial charge in [0, 0.05) is 49.6 Å². The predicted octanol–water partition coefficient (Wildman–Crippen LogP) is 4.06. The number of likely N-dealkylation sites (tertiary alicyclic amines) is 1. The molecule has 2 fully saturated rings. The van der Waals surface area contributed by atoms with Gasteiger partial charge in [0.1, 0.15) is 5.75 Å². The number of benzene rings is 2. The van der Waals surface area contributed by atoms with E-state index in [1.54, 1.807) is 7.11 Å². The first kappa shape index (κ1) is 25.8. The fourth-order valence-electron chi connectivity index (χ4n) is 4.97. The number of anilines is 2. The van der Waals surface area contributed by atoms with Crippen LogP contribution in [0.3, 0.4) is 0 Å². The molecule has 0 bridgehead atoms. The van der Waals surface area contributed by atoms with Crippen LogP contribution in [0.5, 0.6) is 5.75 Å². The first-order valence-electron chi connectivity index (χ1n) is 13.0. The van der Waals surface area contributed by atoms with Gasteiger partial charge in [0.2, 0.25) is 5.91 Å². The molecule has 8 nitrogen and oxygen atoms in total. The molecule has 4 rings (SSSR count). The maximum atomic E-state index is 12.4. The third-order valence-corrected chi connectivity index (χ3v) is 7.03. The van der Waals surface area contributed by atoms with E-state index in [2.05, 4.69) is 27.7 Å². The molecule has 0 saturated carbocycles. The van der Waals surface area contributed by atoms with E-state index in [4.69, 9.17) is 9.47 Å². The van der Waals surface area contributed by atoms with Crippen LogP contribution in [0.4, 0.5) is 16.2 Å². The van der Waals surface area contributed by atoms with Gasteiger partial charge < -0.3 is 29.9 Å². The Balaban J connectivity index is 1.18. The number of ether oxygens (including phenoxy) is 2. The fraction of sp³-hybridized carbons (Fsp3) is 0.500. The van der Waals surface area contributed by atoms with Gasteiger partial charge in [-0.15, -0.1) is 0 Å². The van der Waals surface area contributed by atoms with E-state index in [1.165, 1.54) is 5.69 Å². The molecule has 2 aromatic rings. The summed E-state index contributed by atoms with van der Waals surface area (Å²) in [6.45, 7) is 5.80. The van der Waals surface area contributed by atoms with Crippen LogP contribution in [-0.2, 0) is 16.0 Å². The summed E-state index contributed by atoms with van der Waals surface area (Å²) in [4.78, 5) is 28.5. The lowest BCUT2D eigenvalue weighted by molar-refractivity contribution is -0.115. The third kappa shape index (κ3) is 7.13. The Kier molecular flexibility index (Phi) is 9.06. The molecule has 2 saturated heterocycles. The van der Waals surface area contributed by atoms with Crippen molar-refractivity contribution in [1.82, 2.24) is 10.2 Å². The highest BCUT2D eigenvalue weighted by Gasteiger charge is 2.27. The summed E-state index contributed by atoms with van der Waals surface area (Å²) in [5.74, 6) is 0.749. The van der Waals surface area contributed by atoms with Crippen molar-refractivity contribution in [1.29, 1.82) is 0 Å². The van der Waals surface area contributed by atoms with Crippen LogP contribution >= 0.6 is 0 Å². The Bertz CT molecular complexity index is 980. The molecule has 36 heavy (non-hydrogen) atoms. The molecule has 2 heterocycles. The molecule has 194 valence electrons. The van der Waals surface area contributed by atoms with Crippen molar-refractivity contribution in [2.45, 2.75) is 51.1 Å². The number of amides is 2. The minimum atomic E-state index is -0.188. The standard InChI is InChI=1S/C28H38N4O4/c1-3-36-28(34)32-18-14-24(15-19-32)29-23-12-16-31(17-13-23)25-8-6-22(7-9-25)30-27(33)20-21-4-10-26(35-2)11-5-21/h4-11,23-24,29H,3,12-20H2,1-2H3,(H,30,33). The van der Waals surface area contributed by atoms with Gasteiger partial charge in [0.15, 0.2) is 0 Å². The molecule has 2 N–H and O–H groups in total. The van der Waals surface area contributed by atoms with E-state index < -0.39 is 0 Å². The van der Waals surface area contributed by atoms with Gasteiger partial charge in [0.25, 0.3) is 0 Å². The molecule has 0 atom stereocenters. The maximum absolute atomic E-state index is 12.4. The maximum Gasteiger partial charge on any atom is 0.409 e. The molecule has 0 radical (unpaired) electrons. The van der Waals surface area contributed by atoms with Crippen LogP contribution in [-0.4, -0.2) is 68.9 Å². The summed E-state index contributed by atoms with van der Waals surface area (Å²) in [6.07, 6.45) is 4.28. The Morgan fingerprint density at radius 3 is 2.08 bits per heavy atom. The van der Waals surface area contributed by atoms with Crippen LogP contribution < -0.4 is 20.3 Å². The van der Waals surface area contributed by atoms with Gasteiger partial charge >= 0.3 is 6.09 Å².